The maximum absolute atomic E-state index is 13.9. The standard InChI is InChI=1S/C24H21F7N4O2S/c1-4-38(36,37)19-16-6-5-13(7-8-22(2,25)26)9-14(16)11-32-18(19)21-34-17-10-15(12-33-20(17)35(21)3)23(27,28)24(29,30)31/h5-6,9-12H,4,7-8H2,1-3H3. The number of sulfone groups is 1. The van der Waals surface area contributed by atoms with Crippen LogP contribution in [0.25, 0.3) is 33.5 Å². The van der Waals surface area contributed by atoms with Crippen molar-refractivity contribution in [3.8, 4) is 11.5 Å². The van der Waals surface area contributed by atoms with Crippen molar-refractivity contribution in [2.75, 3.05) is 5.75 Å². The Balaban J connectivity index is 1.91. The summed E-state index contributed by atoms with van der Waals surface area (Å²) in [6.45, 7) is 2.20. The van der Waals surface area contributed by atoms with Crippen LogP contribution in [-0.2, 0) is 29.2 Å². The van der Waals surface area contributed by atoms with Crippen LogP contribution in [0.15, 0.2) is 41.6 Å². The number of benzene rings is 1. The van der Waals surface area contributed by atoms with Crippen molar-refractivity contribution in [3.63, 3.8) is 0 Å². The Morgan fingerprint density at radius 2 is 1.66 bits per heavy atom. The molecule has 0 spiro atoms. The van der Waals surface area contributed by atoms with E-state index in [1.165, 1.54) is 36.9 Å². The molecular formula is C24H21F7N4O2S. The molecule has 0 bridgehead atoms. The third-order valence-corrected chi connectivity index (χ3v) is 7.89. The summed E-state index contributed by atoms with van der Waals surface area (Å²) in [6.07, 6.45) is -4.51. The van der Waals surface area contributed by atoms with Gasteiger partial charge in [0, 0.05) is 36.6 Å². The van der Waals surface area contributed by atoms with Gasteiger partial charge < -0.3 is 4.57 Å². The fourth-order valence-corrected chi connectivity index (χ4v) is 5.26. The Hall–Kier alpha value is -3.29. The van der Waals surface area contributed by atoms with Crippen molar-refractivity contribution in [2.24, 2.45) is 7.05 Å². The molecule has 0 saturated carbocycles. The van der Waals surface area contributed by atoms with Crippen LogP contribution in [0.2, 0.25) is 0 Å². The van der Waals surface area contributed by atoms with Crippen molar-refractivity contribution in [2.45, 2.75) is 49.6 Å². The van der Waals surface area contributed by atoms with Crippen molar-refractivity contribution in [1.82, 2.24) is 19.5 Å². The highest BCUT2D eigenvalue weighted by atomic mass is 32.2. The summed E-state index contributed by atoms with van der Waals surface area (Å²) in [5, 5.41) is 0.592. The summed E-state index contributed by atoms with van der Waals surface area (Å²) in [6, 6.07) is 5.09. The van der Waals surface area contributed by atoms with Gasteiger partial charge in [-0.05, 0) is 31.0 Å². The number of nitrogens with zero attached hydrogens (tertiary/aromatic N) is 4. The predicted molar refractivity (Wildman–Crippen MR) is 126 cm³/mol. The van der Waals surface area contributed by atoms with Gasteiger partial charge in [-0.1, -0.05) is 19.1 Å². The molecule has 0 N–H and O–H groups in total. The molecule has 0 aliphatic heterocycles. The van der Waals surface area contributed by atoms with E-state index in [0.717, 1.165) is 6.92 Å². The van der Waals surface area contributed by atoms with Gasteiger partial charge in [0.25, 0.3) is 0 Å². The molecule has 0 radical (unpaired) electrons. The highest BCUT2D eigenvalue weighted by molar-refractivity contribution is 7.91. The quantitative estimate of drug-likeness (QED) is 0.250. The van der Waals surface area contributed by atoms with Crippen molar-refractivity contribution >= 4 is 31.8 Å². The lowest BCUT2D eigenvalue weighted by atomic mass is 10.0. The lowest BCUT2D eigenvalue weighted by Crippen LogP contribution is -2.33. The predicted octanol–water partition coefficient (Wildman–Crippen LogP) is 6.22. The largest absolute Gasteiger partial charge is 0.458 e. The second-order valence-electron chi connectivity index (χ2n) is 8.96. The zero-order valence-electron chi connectivity index (χ0n) is 20.2. The van der Waals surface area contributed by atoms with Crippen LogP contribution in [0, 0.1) is 0 Å². The SMILES string of the molecule is CCS(=O)(=O)c1c(-c2nc3cc(C(F)(F)C(F)(F)F)cnc3n2C)ncc2cc(CCC(C)(F)F)ccc12. The number of halogens is 7. The van der Waals surface area contributed by atoms with E-state index in [2.05, 4.69) is 15.0 Å². The van der Waals surface area contributed by atoms with Crippen LogP contribution >= 0.6 is 0 Å². The second kappa shape index (κ2) is 9.17. The average molecular weight is 563 g/mol. The van der Waals surface area contributed by atoms with E-state index in [-0.39, 0.29) is 45.1 Å². The smallest absolute Gasteiger partial charge is 0.310 e. The zero-order valence-corrected chi connectivity index (χ0v) is 21.1. The first-order chi connectivity index (χ1) is 17.5. The van der Waals surface area contributed by atoms with Gasteiger partial charge in [-0.25, -0.2) is 27.2 Å². The Bertz CT molecular complexity index is 1640. The molecule has 3 heterocycles. The molecule has 14 heteroatoms. The normalized spacial score (nSPS) is 13.5. The maximum atomic E-state index is 13.9. The second-order valence-corrected chi connectivity index (χ2v) is 11.2. The summed E-state index contributed by atoms with van der Waals surface area (Å²) in [7, 11) is -2.59. The first-order valence-corrected chi connectivity index (χ1v) is 12.9. The van der Waals surface area contributed by atoms with Crippen LogP contribution < -0.4 is 0 Å². The number of pyridine rings is 2. The van der Waals surface area contributed by atoms with E-state index in [1.807, 2.05) is 0 Å². The molecular weight excluding hydrogens is 541 g/mol. The third kappa shape index (κ3) is 4.93. The van der Waals surface area contributed by atoms with Crippen molar-refractivity contribution in [1.29, 1.82) is 0 Å². The van der Waals surface area contributed by atoms with Crippen LogP contribution in [0.3, 0.4) is 0 Å². The zero-order chi connectivity index (χ0) is 28.3. The molecule has 4 aromatic rings. The van der Waals surface area contributed by atoms with Gasteiger partial charge in [-0.3, -0.25) is 4.98 Å². The lowest BCUT2D eigenvalue weighted by Gasteiger charge is -2.19. The Labute approximate surface area is 212 Å². The molecule has 204 valence electrons. The van der Waals surface area contributed by atoms with Gasteiger partial charge >= 0.3 is 12.1 Å². The van der Waals surface area contributed by atoms with Crippen LogP contribution in [-0.4, -0.2) is 45.8 Å². The van der Waals surface area contributed by atoms with Gasteiger partial charge in [-0.15, -0.1) is 0 Å². The van der Waals surface area contributed by atoms with Gasteiger partial charge in [0.2, 0.25) is 5.92 Å². The third-order valence-electron chi connectivity index (χ3n) is 6.09. The number of alkyl halides is 7. The number of aromatic nitrogens is 4. The molecule has 6 nitrogen and oxygen atoms in total. The number of fused-ring (bicyclic) bond motifs is 2. The highest BCUT2D eigenvalue weighted by Crippen LogP contribution is 2.44. The number of aryl methyl sites for hydroxylation is 2. The minimum atomic E-state index is -5.85. The molecule has 3 aromatic heterocycles. The topological polar surface area (TPSA) is 77.7 Å². The number of imidazole rings is 1. The van der Waals surface area contributed by atoms with Gasteiger partial charge in [0.1, 0.15) is 16.1 Å². The Morgan fingerprint density at radius 1 is 0.974 bits per heavy atom. The van der Waals surface area contributed by atoms with Gasteiger partial charge in [0.05, 0.1) is 11.3 Å². The van der Waals surface area contributed by atoms with Crippen LogP contribution in [0.4, 0.5) is 30.7 Å². The summed E-state index contributed by atoms with van der Waals surface area (Å²) < 4.78 is 120. The lowest BCUT2D eigenvalue weighted by molar-refractivity contribution is -0.289. The molecule has 38 heavy (non-hydrogen) atoms. The number of hydrogen-bond donors (Lipinski definition) is 0. The Morgan fingerprint density at radius 3 is 2.26 bits per heavy atom. The van der Waals surface area contributed by atoms with Crippen molar-refractivity contribution in [3.05, 3.63) is 47.8 Å². The van der Waals surface area contributed by atoms with E-state index in [9.17, 15) is 39.2 Å². The first kappa shape index (κ1) is 27.7. The molecule has 0 atom stereocenters. The van der Waals surface area contributed by atoms with E-state index in [0.29, 0.717) is 23.2 Å². The molecule has 0 saturated heterocycles. The highest BCUT2D eigenvalue weighted by Gasteiger charge is 2.59. The maximum Gasteiger partial charge on any atom is 0.458 e. The minimum absolute atomic E-state index is 0.0401. The van der Waals surface area contributed by atoms with E-state index >= 15 is 0 Å². The molecule has 0 fully saturated rings. The fourth-order valence-electron chi connectivity index (χ4n) is 4.01. The monoisotopic (exact) mass is 562 g/mol. The summed E-state index contributed by atoms with van der Waals surface area (Å²) >= 11 is 0. The molecule has 0 unspecified atom stereocenters. The molecule has 0 amide bonds. The number of rotatable bonds is 7. The fraction of sp³-hybridized carbons (Fsp3) is 0.375. The Kier molecular flexibility index (Phi) is 6.69. The van der Waals surface area contributed by atoms with E-state index in [1.54, 1.807) is 6.07 Å². The number of hydrogen-bond acceptors (Lipinski definition) is 5. The molecule has 4 rings (SSSR count). The van der Waals surface area contributed by atoms with Gasteiger partial charge in [-0.2, -0.15) is 22.0 Å². The van der Waals surface area contributed by atoms with Gasteiger partial charge in [0.15, 0.2) is 21.3 Å². The molecule has 0 aliphatic rings. The summed E-state index contributed by atoms with van der Waals surface area (Å²) in [5.74, 6) is -8.52. The van der Waals surface area contributed by atoms with Crippen LogP contribution in [0.1, 0.15) is 31.4 Å². The van der Waals surface area contributed by atoms with Crippen LogP contribution in [0.5, 0.6) is 0 Å². The summed E-state index contributed by atoms with van der Waals surface area (Å²) in [4.78, 5) is 11.8. The summed E-state index contributed by atoms with van der Waals surface area (Å²) in [5.41, 5.74) is -1.42. The van der Waals surface area contributed by atoms with E-state index in [4.69, 9.17) is 0 Å². The van der Waals surface area contributed by atoms with E-state index < -0.39 is 39.8 Å². The minimum Gasteiger partial charge on any atom is -0.310 e. The molecule has 1 aromatic carbocycles. The average Bonchev–Trinajstić information content (AvgIpc) is 3.16. The van der Waals surface area contributed by atoms with Crippen molar-refractivity contribution < 1.29 is 39.2 Å². The molecule has 0 aliphatic carbocycles. The first-order valence-electron chi connectivity index (χ1n) is 11.3.